The number of imidazole rings is 1. The van der Waals surface area contributed by atoms with Crippen LogP contribution in [0, 0.1) is 0 Å². The first kappa shape index (κ1) is 11.9. The molecule has 1 aromatic carbocycles. The maximum atomic E-state index is 12.5. The third kappa shape index (κ3) is 1.98. The number of nitrogens with one attached hydrogen (secondary N) is 1. The summed E-state index contributed by atoms with van der Waals surface area (Å²) in [6.07, 6.45) is 4.39. The van der Waals surface area contributed by atoms with E-state index in [1.807, 2.05) is 29.4 Å². The normalized spacial score (nSPS) is 19.5. The van der Waals surface area contributed by atoms with Gasteiger partial charge in [-0.05, 0) is 31.0 Å². The van der Waals surface area contributed by atoms with Crippen molar-refractivity contribution in [2.75, 3.05) is 26.2 Å². The van der Waals surface area contributed by atoms with Gasteiger partial charge in [-0.2, -0.15) is 0 Å². The standard InChI is InChI=1S/C15H18N4O/c20-15(18-7-5-16-6-8-18)11-1-4-14-13(9-11)17-10-19(14)12-2-3-12/h1,4,9-10,12,16H,2-3,5-8H2. The molecule has 1 saturated heterocycles. The van der Waals surface area contributed by atoms with Crippen LogP contribution in [0.5, 0.6) is 0 Å². The van der Waals surface area contributed by atoms with Crippen molar-refractivity contribution < 1.29 is 4.79 Å². The fourth-order valence-corrected chi connectivity index (χ4v) is 2.86. The molecule has 1 aromatic heterocycles. The second kappa shape index (κ2) is 4.59. The van der Waals surface area contributed by atoms with Crippen LogP contribution >= 0.6 is 0 Å². The van der Waals surface area contributed by atoms with Gasteiger partial charge in [0.2, 0.25) is 0 Å². The summed E-state index contributed by atoms with van der Waals surface area (Å²) in [5.74, 6) is 0.120. The van der Waals surface area contributed by atoms with Crippen molar-refractivity contribution in [3.8, 4) is 0 Å². The third-order valence-electron chi connectivity index (χ3n) is 4.17. The van der Waals surface area contributed by atoms with E-state index in [9.17, 15) is 4.79 Å². The number of fused-ring (bicyclic) bond motifs is 1. The van der Waals surface area contributed by atoms with Crippen LogP contribution in [0.4, 0.5) is 0 Å². The molecule has 0 bridgehead atoms. The first-order chi connectivity index (χ1) is 9.83. The van der Waals surface area contributed by atoms with Crippen LogP contribution in [0.25, 0.3) is 11.0 Å². The minimum Gasteiger partial charge on any atom is -0.336 e. The Morgan fingerprint density at radius 3 is 2.80 bits per heavy atom. The smallest absolute Gasteiger partial charge is 0.254 e. The second-order valence-corrected chi connectivity index (χ2v) is 5.63. The Morgan fingerprint density at radius 1 is 1.25 bits per heavy atom. The molecule has 5 nitrogen and oxygen atoms in total. The van der Waals surface area contributed by atoms with Crippen molar-refractivity contribution >= 4 is 16.9 Å². The number of carbonyl (C=O) groups is 1. The average Bonchev–Trinajstić information content (AvgIpc) is 3.26. The van der Waals surface area contributed by atoms with E-state index in [0.29, 0.717) is 6.04 Å². The van der Waals surface area contributed by atoms with Crippen molar-refractivity contribution in [3.05, 3.63) is 30.1 Å². The lowest BCUT2D eigenvalue weighted by atomic mass is 10.1. The number of hydrogen-bond acceptors (Lipinski definition) is 3. The van der Waals surface area contributed by atoms with Gasteiger partial charge in [-0.15, -0.1) is 0 Å². The molecule has 2 aliphatic rings. The first-order valence-corrected chi connectivity index (χ1v) is 7.29. The highest BCUT2D eigenvalue weighted by Gasteiger charge is 2.25. The first-order valence-electron chi connectivity index (χ1n) is 7.29. The quantitative estimate of drug-likeness (QED) is 0.898. The number of aromatic nitrogens is 2. The summed E-state index contributed by atoms with van der Waals surface area (Å²) >= 11 is 0. The molecule has 1 aliphatic heterocycles. The van der Waals surface area contributed by atoms with Crippen LogP contribution in [0.3, 0.4) is 0 Å². The molecule has 20 heavy (non-hydrogen) atoms. The maximum Gasteiger partial charge on any atom is 0.254 e. The Kier molecular flexibility index (Phi) is 2.73. The number of benzene rings is 1. The predicted octanol–water partition coefficient (Wildman–Crippen LogP) is 1.42. The van der Waals surface area contributed by atoms with Crippen LogP contribution in [-0.4, -0.2) is 46.5 Å². The Balaban J connectivity index is 1.64. The summed E-state index contributed by atoms with van der Waals surface area (Å²) in [6, 6.07) is 6.52. The molecule has 0 spiro atoms. The van der Waals surface area contributed by atoms with Crippen molar-refractivity contribution in [3.63, 3.8) is 0 Å². The Hall–Kier alpha value is -1.88. The minimum atomic E-state index is 0.120. The number of nitrogens with zero attached hydrogens (tertiary/aromatic N) is 3. The van der Waals surface area contributed by atoms with Crippen LogP contribution < -0.4 is 5.32 Å². The monoisotopic (exact) mass is 270 g/mol. The number of carbonyl (C=O) groups excluding carboxylic acids is 1. The number of rotatable bonds is 2. The molecule has 1 saturated carbocycles. The zero-order chi connectivity index (χ0) is 13.5. The molecule has 1 N–H and O–H groups in total. The van der Waals surface area contributed by atoms with E-state index in [2.05, 4.69) is 14.9 Å². The highest BCUT2D eigenvalue weighted by molar-refractivity contribution is 5.97. The summed E-state index contributed by atoms with van der Waals surface area (Å²) in [5, 5.41) is 3.26. The molecule has 4 rings (SSSR count). The van der Waals surface area contributed by atoms with E-state index in [1.54, 1.807) is 0 Å². The lowest BCUT2D eigenvalue weighted by molar-refractivity contribution is 0.0736. The zero-order valence-corrected chi connectivity index (χ0v) is 11.4. The summed E-state index contributed by atoms with van der Waals surface area (Å²) in [4.78, 5) is 18.8. The molecule has 0 atom stereocenters. The lowest BCUT2D eigenvalue weighted by Gasteiger charge is -2.27. The van der Waals surface area contributed by atoms with Crippen molar-refractivity contribution in [2.24, 2.45) is 0 Å². The third-order valence-corrected chi connectivity index (χ3v) is 4.17. The van der Waals surface area contributed by atoms with E-state index < -0.39 is 0 Å². The van der Waals surface area contributed by atoms with Crippen molar-refractivity contribution in [2.45, 2.75) is 18.9 Å². The minimum absolute atomic E-state index is 0.120. The van der Waals surface area contributed by atoms with E-state index in [4.69, 9.17) is 0 Å². The van der Waals surface area contributed by atoms with Crippen LogP contribution in [0.2, 0.25) is 0 Å². The highest BCUT2D eigenvalue weighted by atomic mass is 16.2. The molecule has 1 amide bonds. The summed E-state index contributed by atoms with van der Waals surface area (Å²) in [6.45, 7) is 3.33. The molecule has 104 valence electrons. The molecule has 2 aromatic rings. The van der Waals surface area contributed by atoms with Crippen LogP contribution in [0.15, 0.2) is 24.5 Å². The average molecular weight is 270 g/mol. The number of amides is 1. The van der Waals surface area contributed by atoms with Gasteiger partial charge >= 0.3 is 0 Å². The fourth-order valence-electron chi connectivity index (χ4n) is 2.86. The van der Waals surface area contributed by atoms with Crippen molar-refractivity contribution in [1.29, 1.82) is 0 Å². The second-order valence-electron chi connectivity index (χ2n) is 5.63. The van der Waals surface area contributed by atoms with Gasteiger partial charge in [0.25, 0.3) is 5.91 Å². The molecular formula is C15H18N4O. The topological polar surface area (TPSA) is 50.2 Å². The SMILES string of the molecule is O=C(c1ccc2c(c1)ncn2C1CC1)N1CCNCC1. The number of hydrogen-bond donors (Lipinski definition) is 1. The molecule has 5 heteroatoms. The number of piperazine rings is 1. The molecular weight excluding hydrogens is 252 g/mol. The van der Waals surface area contributed by atoms with Gasteiger partial charge in [0.1, 0.15) is 0 Å². The van der Waals surface area contributed by atoms with Gasteiger partial charge in [0, 0.05) is 37.8 Å². The van der Waals surface area contributed by atoms with Crippen LogP contribution in [-0.2, 0) is 0 Å². The van der Waals surface area contributed by atoms with Crippen LogP contribution in [0.1, 0.15) is 29.2 Å². The molecule has 2 heterocycles. The fraction of sp³-hybridized carbons (Fsp3) is 0.467. The zero-order valence-electron chi connectivity index (χ0n) is 11.4. The Labute approximate surface area is 117 Å². The van der Waals surface area contributed by atoms with Crippen molar-refractivity contribution in [1.82, 2.24) is 19.8 Å². The predicted molar refractivity (Wildman–Crippen MR) is 76.8 cm³/mol. The molecule has 0 radical (unpaired) electrons. The van der Waals surface area contributed by atoms with Gasteiger partial charge in [-0.25, -0.2) is 4.98 Å². The molecule has 0 unspecified atom stereocenters. The molecule has 2 fully saturated rings. The summed E-state index contributed by atoms with van der Waals surface area (Å²) in [5.41, 5.74) is 2.82. The van der Waals surface area contributed by atoms with Gasteiger partial charge < -0.3 is 14.8 Å². The van der Waals surface area contributed by atoms with E-state index in [0.717, 1.165) is 42.8 Å². The highest BCUT2D eigenvalue weighted by Crippen LogP contribution is 2.37. The van der Waals surface area contributed by atoms with Gasteiger partial charge in [0.05, 0.1) is 17.4 Å². The summed E-state index contributed by atoms with van der Waals surface area (Å²) in [7, 11) is 0. The van der Waals surface area contributed by atoms with E-state index in [-0.39, 0.29) is 5.91 Å². The summed E-state index contributed by atoms with van der Waals surface area (Å²) < 4.78 is 2.23. The van der Waals surface area contributed by atoms with Gasteiger partial charge in [-0.3, -0.25) is 4.79 Å². The van der Waals surface area contributed by atoms with Gasteiger partial charge in [-0.1, -0.05) is 0 Å². The molecule has 1 aliphatic carbocycles. The Morgan fingerprint density at radius 2 is 2.05 bits per heavy atom. The van der Waals surface area contributed by atoms with Gasteiger partial charge in [0.15, 0.2) is 0 Å². The Bertz CT molecular complexity index is 653. The van der Waals surface area contributed by atoms with E-state index >= 15 is 0 Å². The lowest BCUT2D eigenvalue weighted by Crippen LogP contribution is -2.46. The maximum absolute atomic E-state index is 12.5. The largest absolute Gasteiger partial charge is 0.336 e. The van der Waals surface area contributed by atoms with E-state index in [1.165, 1.54) is 12.8 Å².